The summed E-state index contributed by atoms with van der Waals surface area (Å²) in [5.41, 5.74) is -6.77. The Hall–Kier alpha value is -1.65. The molecule has 0 spiro atoms. The molecule has 0 amide bonds. The van der Waals surface area contributed by atoms with E-state index < -0.39 is 98.4 Å². The number of halogens is 9. The standard InChI is InChI=1S/C13H15F9N2O8S3/c1-7(2)9(25)32-8-3-5-24(6-4-8)35(30,31)12(18,19)10(14,15)11(16,17)33(26,27)23-34(28,29)13(20,21)22/h8,23H,1,3-6H2,2H3. The van der Waals surface area contributed by atoms with Gasteiger partial charge in [0, 0.05) is 18.7 Å². The molecule has 206 valence electrons. The average molecular weight is 594 g/mol. The molecular weight excluding hydrogens is 579 g/mol. The summed E-state index contributed by atoms with van der Waals surface area (Å²) in [5, 5.41) is -14.4. The number of nitrogens with one attached hydrogen (secondary N) is 1. The van der Waals surface area contributed by atoms with E-state index in [2.05, 4.69) is 6.58 Å². The number of alkyl halides is 9. The third kappa shape index (κ3) is 5.54. The monoisotopic (exact) mass is 594 g/mol. The molecule has 22 heteroatoms. The number of carbonyl (C=O) groups excluding carboxylic acids is 1. The van der Waals surface area contributed by atoms with Crippen molar-refractivity contribution in [3.8, 4) is 0 Å². The summed E-state index contributed by atoms with van der Waals surface area (Å²) in [4.78, 5) is 11.4. The molecule has 1 fully saturated rings. The maximum absolute atomic E-state index is 14.2. The van der Waals surface area contributed by atoms with Crippen molar-refractivity contribution in [3.63, 3.8) is 0 Å². The molecule has 1 aliphatic rings. The third-order valence-corrected chi connectivity index (χ3v) is 9.53. The van der Waals surface area contributed by atoms with Crippen LogP contribution in [-0.4, -0.2) is 76.7 Å². The molecule has 0 aromatic rings. The molecule has 0 atom stereocenters. The van der Waals surface area contributed by atoms with Gasteiger partial charge in [-0.25, -0.2) is 30.0 Å². The first kappa shape index (κ1) is 31.4. The van der Waals surface area contributed by atoms with E-state index >= 15 is 0 Å². The quantitative estimate of drug-likeness (QED) is 0.240. The van der Waals surface area contributed by atoms with Gasteiger partial charge in [0.15, 0.2) is 0 Å². The first-order valence-corrected chi connectivity index (χ1v) is 13.0. The molecule has 35 heavy (non-hydrogen) atoms. The largest absolute Gasteiger partial charge is 0.512 e. The Labute approximate surface area is 192 Å². The number of sulfonamides is 3. The number of carbonyl (C=O) groups is 1. The normalized spacial score (nSPS) is 18.3. The zero-order valence-corrected chi connectivity index (χ0v) is 19.4. The molecule has 1 aliphatic heterocycles. The number of rotatable bonds is 9. The summed E-state index contributed by atoms with van der Waals surface area (Å²) >= 11 is 0. The fraction of sp³-hybridized carbons (Fsp3) is 0.769. The second-order valence-corrected chi connectivity index (χ2v) is 12.6. The summed E-state index contributed by atoms with van der Waals surface area (Å²) in [6, 6.07) is 0. The number of piperidine rings is 1. The van der Waals surface area contributed by atoms with Crippen molar-refractivity contribution in [2.75, 3.05) is 13.1 Å². The van der Waals surface area contributed by atoms with Gasteiger partial charge in [-0.1, -0.05) is 10.7 Å². The topological polar surface area (TPSA) is 144 Å². The van der Waals surface area contributed by atoms with Gasteiger partial charge in [0.25, 0.3) is 20.0 Å². The van der Waals surface area contributed by atoms with Crippen LogP contribution in [-0.2, 0) is 39.6 Å². The molecule has 0 unspecified atom stereocenters. The van der Waals surface area contributed by atoms with Gasteiger partial charge in [0.2, 0.25) is 0 Å². The van der Waals surface area contributed by atoms with Crippen molar-refractivity contribution in [1.29, 1.82) is 0 Å². The van der Waals surface area contributed by atoms with Gasteiger partial charge >= 0.3 is 37.9 Å². The predicted octanol–water partition coefficient (Wildman–Crippen LogP) is 1.49. The molecule has 10 nitrogen and oxygen atoms in total. The fourth-order valence-electron chi connectivity index (χ4n) is 2.35. The van der Waals surface area contributed by atoms with Gasteiger partial charge in [0.05, 0.1) is 0 Å². The molecule has 0 radical (unpaired) electrons. The highest BCUT2D eigenvalue weighted by molar-refractivity contribution is 8.05. The second-order valence-electron chi connectivity index (χ2n) is 6.93. The van der Waals surface area contributed by atoms with Crippen molar-refractivity contribution in [2.24, 2.45) is 0 Å². The number of hydrogen-bond acceptors (Lipinski definition) is 8. The van der Waals surface area contributed by atoms with Gasteiger partial charge in [-0.05, 0) is 19.8 Å². The van der Waals surface area contributed by atoms with E-state index in [0.717, 1.165) is 0 Å². The van der Waals surface area contributed by atoms with E-state index in [1.54, 1.807) is 0 Å². The van der Waals surface area contributed by atoms with Gasteiger partial charge < -0.3 is 4.74 Å². The van der Waals surface area contributed by atoms with Crippen LogP contribution >= 0.6 is 0 Å². The number of hydrogen-bond donors (Lipinski definition) is 1. The SMILES string of the molecule is C=C(C)C(=O)OC1CCN(S(=O)(=O)C(F)(F)C(F)(F)C(F)(F)S(=O)(=O)NS(=O)(=O)C(F)(F)F)CC1. The molecule has 0 aliphatic carbocycles. The van der Waals surface area contributed by atoms with Crippen LogP contribution in [0, 0.1) is 0 Å². The van der Waals surface area contributed by atoms with Crippen LogP contribution in [0.4, 0.5) is 39.5 Å². The minimum Gasteiger partial charge on any atom is -0.459 e. The highest BCUT2D eigenvalue weighted by Gasteiger charge is 2.83. The summed E-state index contributed by atoms with van der Waals surface area (Å²) in [7, 11) is -22.0. The Morgan fingerprint density at radius 2 is 1.29 bits per heavy atom. The smallest absolute Gasteiger partial charge is 0.459 e. The van der Waals surface area contributed by atoms with Gasteiger partial charge in [-0.15, -0.1) is 0 Å². The third-order valence-electron chi connectivity index (χ3n) is 4.28. The summed E-state index contributed by atoms with van der Waals surface area (Å²) in [6.07, 6.45) is -2.32. The van der Waals surface area contributed by atoms with E-state index in [0.29, 0.717) is 0 Å². The van der Waals surface area contributed by atoms with Crippen molar-refractivity contribution in [2.45, 2.75) is 47.8 Å². The van der Waals surface area contributed by atoms with E-state index in [1.807, 2.05) is 0 Å². The maximum atomic E-state index is 14.2. The minimum absolute atomic E-state index is 0.115. The molecule has 1 N–H and O–H groups in total. The summed E-state index contributed by atoms with van der Waals surface area (Å²) in [5.74, 6) is -8.47. The summed E-state index contributed by atoms with van der Waals surface area (Å²) < 4.78 is 193. The summed E-state index contributed by atoms with van der Waals surface area (Å²) in [6.45, 7) is 2.22. The van der Waals surface area contributed by atoms with Crippen LogP contribution in [0.5, 0.6) is 0 Å². The average Bonchev–Trinajstić information content (AvgIpc) is 2.65. The Morgan fingerprint density at radius 3 is 1.66 bits per heavy atom. The van der Waals surface area contributed by atoms with Crippen molar-refractivity contribution >= 4 is 36.0 Å². The molecule has 0 aromatic carbocycles. The van der Waals surface area contributed by atoms with Crippen LogP contribution in [0.3, 0.4) is 0 Å². The molecule has 0 saturated carbocycles. The van der Waals surface area contributed by atoms with Crippen LogP contribution in [0.2, 0.25) is 0 Å². The number of nitrogens with zero attached hydrogens (tertiary/aromatic N) is 1. The fourth-order valence-corrected chi connectivity index (χ4v) is 6.30. The Kier molecular flexibility index (Phi) is 8.37. The first-order chi connectivity index (χ1) is 15.3. The number of esters is 1. The van der Waals surface area contributed by atoms with Gasteiger partial charge in [-0.2, -0.15) is 43.8 Å². The van der Waals surface area contributed by atoms with E-state index in [1.165, 1.54) is 6.92 Å². The number of ether oxygens (including phenoxy) is 1. The minimum atomic E-state index is -7.83. The lowest BCUT2D eigenvalue weighted by Crippen LogP contribution is -2.65. The molecule has 0 aromatic heterocycles. The zero-order valence-electron chi connectivity index (χ0n) is 17.0. The van der Waals surface area contributed by atoms with Gasteiger partial charge in [-0.3, -0.25) is 0 Å². The molecular formula is C13H15F9N2O8S3. The van der Waals surface area contributed by atoms with Crippen LogP contribution < -0.4 is 4.13 Å². The lowest BCUT2D eigenvalue weighted by atomic mass is 10.1. The lowest BCUT2D eigenvalue weighted by Gasteiger charge is -2.37. The van der Waals surface area contributed by atoms with E-state index in [-0.39, 0.29) is 5.57 Å². The maximum Gasteiger partial charge on any atom is 0.512 e. The van der Waals surface area contributed by atoms with Crippen LogP contribution in [0.1, 0.15) is 19.8 Å². The predicted molar refractivity (Wildman–Crippen MR) is 96.3 cm³/mol. The second kappa shape index (κ2) is 9.34. The van der Waals surface area contributed by atoms with E-state index in [9.17, 15) is 69.6 Å². The molecule has 1 heterocycles. The Bertz CT molecular complexity index is 1170. The van der Waals surface area contributed by atoms with Crippen molar-refractivity contribution in [3.05, 3.63) is 12.2 Å². The van der Waals surface area contributed by atoms with Crippen LogP contribution in [0.15, 0.2) is 12.2 Å². The molecule has 1 saturated heterocycles. The lowest BCUT2D eigenvalue weighted by molar-refractivity contribution is -0.245. The van der Waals surface area contributed by atoms with E-state index in [4.69, 9.17) is 4.74 Å². The van der Waals surface area contributed by atoms with Crippen LogP contribution in [0.25, 0.3) is 0 Å². The zero-order chi connectivity index (χ0) is 28.1. The Balaban J connectivity index is 3.28. The molecule has 0 bridgehead atoms. The highest BCUT2D eigenvalue weighted by Crippen LogP contribution is 2.51. The first-order valence-electron chi connectivity index (χ1n) is 8.60. The van der Waals surface area contributed by atoms with Gasteiger partial charge in [0.1, 0.15) is 6.10 Å². The molecule has 1 rings (SSSR count). The van der Waals surface area contributed by atoms with Crippen molar-refractivity contribution < 1.29 is 74.3 Å². The van der Waals surface area contributed by atoms with Crippen molar-refractivity contribution in [1.82, 2.24) is 8.43 Å². The Morgan fingerprint density at radius 1 is 0.857 bits per heavy atom. The highest BCUT2D eigenvalue weighted by atomic mass is 32.3.